The predicted octanol–water partition coefficient (Wildman–Crippen LogP) is 3.55. The van der Waals surface area contributed by atoms with Crippen molar-refractivity contribution in [2.75, 3.05) is 0 Å². The number of aromatic nitrogens is 4. The summed E-state index contributed by atoms with van der Waals surface area (Å²) in [5.41, 5.74) is 4.41. The van der Waals surface area contributed by atoms with E-state index in [1.807, 2.05) is 25.1 Å². The summed E-state index contributed by atoms with van der Waals surface area (Å²) >= 11 is 0. The van der Waals surface area contributed by atoms with E-state index in [2.05, 4.69) is 20.2 Å². The lowest BCUT2D eigenvalue weighted by atomic mass is 10.2. The Balaban J connectivity index is 1.98. The van der Waals surface area contributed by atoms with Gasteiger partial charge in [-0.2, -0.15) is 5.10 Å². The number of rotatable bonds is 1. The van der Waals surface area contributed by atoms with E-state index >= 15 is 0 Å². The van der Waals surface area contributed by atoms with Crippen LogP contribution < -0.4 is 0 Å². The highest BCUT2D eigenvalue weighted by Gasteiger charge is 2.13. The quantitative estimate of drug-likeness (QED) is 0.553. The molecule has 0 fully saturated rings. The molecule has 0 atom stereocenters. The number of imidazole rings is 1. The second kappa shape index (κ2) is 3.90. The van der Waals surface area contributed by atoms with Crippen molar-refractivity contribution < 1.29 is 4.39 Å². The van der Waals surface area contributed by atoms with Crippen molar-refractivity contribution in [1.82, 2.24) is 20.2 Å². The smallest absolute Gasteiger partial charge is 0.159 e. The van der Waals surface area contributed by atoms with E-state index in [4.69, 9.17) is 0 Å². The van der Waals surface area contributed by atoms with E-state index in [1.165, 1.54) is 12.1 Å². The summed E-state index contributed by atoms with van der Waals surface area (Å²) in [6, 6.07) is 10.5. The molecule has 4 aromatic rings. The standard InChI is InChI=1S/C15H11FN4/c1-8-2-4-12-13(6-8)18-15(17-12)14-10-7-9(16)3-5-11(10)19-20-14/h2-7H,1H3,(H,17,18)(H,19,20). The lowest BCUT2D eigenvalue weighted by molar-refractivity contribution is 0.630. The minimum absolute atomic E-state index is 0.285. The van der Waals surface area contributed by atoms with Gasteiger partial charge in [0, 0.05) is 5.39 Å². The van der Waals surface area contributed by atoms with Crippen molar-refractivity contribution in [3.63, 3.8) is 0 Å². The Morgan fingerprint density at radius 2 is 1.95 bits per heavy atom. The van der Waals surface area contributed by atoms with Crippen molar-refractivity contribution in [3.05, 3.63) is 47.8 Å². The molecule has 0 amide bonds. The van der Waals surface area contributed by atoms with Crippen molar-refractivity contribution in [2.24, 2.45) is 0 Å². The average Bonchev–Trinajstić information content (AvgIpc) is 3.00. The Hall–Kier alpha value is -2.69. The second-order valence-electron chi connectivity index (χ2n) is 4.87. The molecule has 0 bridgehead atoms. The number of halogens is 1. The van der Waals surface area contributed by atoms with E-state index in [-0.39, 0.29) is 5.82 Å². The zero-order chi connectivity index (χ0) is 13.7. The van der Waals surface area contributed by atoms with Crippen LogP contribution in [0.15, 0.2) is 36.4 Å². The minimum Gasteiger partial charge on any atom is -0.337 e. The van der Waals surface area contributed by atoms with Gasteiger partial charge in [-0.05, 0) is 42.8 Å². The van der Waals surface area contributed by atoms with Gasteiger partial charge in [0.05, 0.1) is 16.6 Å². The summed E-state index contributed by atoms with van der Waals surface area (Å²) in [4.78, 5) is 7.75. The summed E-state index contributed by atoms with van der Waals surface area (Å²) in [7, 11) is 0. The van der Waals surface area contributed by atoms with Crippen LogP contribution >= 0.6 is 0 Å². The fraction of sp³-hybridized carbons (Fsp3) is 0.0667. The van der Waals surface area contributed by atoms with Gasteiger partial charge in [-0.15, -0.1) is 0 Å². The Morgan fingerprint density at radius 3 is 2.85 bits per heavy atom. The van der Waals surface area contributed by atoms with Gasteiger partial charge >= 0.3 is 0 Å². The Kier molecular flexibility index (Phi) is 2.18. The monoisotopic (exact) mass is 266 g/mol. The van der Waals surface area contributed by atoms with Gasteiger partial charge in [-0.25, -0.2) is 9.37 Å². The summed E-state index contributed by atoms with van der Waals surface area (Å²) in [5, 5.41) is 7.85. The molecule has 0 radical (unpaired) electrons. The van der Waals surface area contributed by atoms with Gasteiger partial charge < -0.3 is 4.98 Å². The Morgan fingerprint density at radius 1 is 1.05 bits per heavy atom. The first-order valence-electron chi connectivity index (χ1n) is 6.31. The molecule has 2 aromatic heterocycles. The van der Waals surface area contributed by atoms with Crippen LogP contribution in [0.25, 0.3) is 33.5 Å². The molecule has 5 heteroatoms. The van der Waals surface area contributed by atoms with Crippen LogP contribution in [0, 0.1) is 12.7 Å². The van der Waals surface area contributed by atoms with E-state index in [0.717, 1.165) is 27.5 Å². The van der Waals surface area contributed by atoms with Gasteiger partial charge in [0.25, 0.3) is 0 Å². The third-order valence-corrected chi connectivity index (χ3v) is 3.39. The average molecular weight is 266 g/mol. The third kappa shape index (κ3) is 1.60. The number of hydrogen-bond acceptors (Lipinski definition) is 2. The van der Waals surface area contributed by atoms with Crippen LogP contribution in [0.4, 0.5) is 4.39 Å². The molecule has 0 aliphatic carbocycles. The molecule has 0 unspecified atom stereocenters. The SMILES string of the molecule is Cc1ccc2nc(-c3n[nH]c4ccc(F)cc34)[nH]c2c1. The molecule has 2 aromatic carbocycles. The van der Waals surface area contributed by atoms with Gasteiger partial charge in [0.2, 0.25) is 0 Å². The van der Waals surface area contributed by atoms with E-state index in [9.17, 15) is 4.39 Å². The van der Waals surface area contributed by atoms with Crippen LogP contribution in [0.2, 0.25) is 0 Å². The molecule has 0 saturated heterocycles. The number of H-pyrrole nitrogens is 2. The number of aryl methyl sites for hydroxylation is 1. The molecule has 0 aliphatic heterocycles. The molecule has 98 valence electrons. The number of aromatic amines is 2. The number of nitrogens with zero attached hydrogens (tertiary/aromatic N) is 2. The third-order valence-electron chi connectivity index (χ3n) is 3.39. The molecule has 20 heavy (non-hydrogen) atoms. The first-order chi connectivity index (χ1) is 9.70. The normalized spacial score (nSPS) is 11.5. The Bertz CT molecular complexity index is 936. The van der Waals surface area contributed by atoms with Crippen LogP contribution in [0.5, 0.6) is 0 Å². The number of nitrogens with one attached hydrogen (secondary N) is 2. The first kappa shape index (κ1) is 11.2. The summed E-state index contributed by atoms with van der Waals surface area (Å²) in [6.45, 7) is 2.03. The molecule has 2 N–H and O–H groups in total. The molecule has 0 saturated carbocycles. The lowest BCUT2D eigenvalue weighted by Gasteiger charge is -1.92. The van der Waals surface area contributed by atoms with E-state index in [1.54, 1.807) is 6.07 Å². The van der Waals surface area contributed by atoms with Gasteiger partial charge in [-0.3, -0.25) is 5.10 Å². The topological polar surface area (TPSA) is 57.4 Å². The maximum atomic E-state index is 13.4. The maximum Gasteiger partial charge on any atom is 0.159 e. The zero-order valence-corrected chi connectivity index (χ0v) is 10.7. The summed E-state index contributed by atoms with van der Waals surface area (Å²) in [5.74, 6) is 0.356. The summed E-state index contributed by atoms with van der Waals surface area (Å²) < 4.78 is 13.4. The number of fused-ring (bicyclic) bond motifs is 2. The molecule has 0 aliphatic rings. The maximum absolute atomic E-state index is 13.4. The summed E-state index contributed by atoms with van der Waals surface area (Å²) in [6.07, 6.45) is 0. The van der Waals surface area contributed by atoms with E-state index in [0.29, 0.717) is 11.5 Å². The largest absolute Gasteiger partial charge is 0.337 e. The molecular weight excluding hydrogens is 255 g/mol. The molecule has 0 spiro atoms. The van der Waals surface area contributed by atoms with E-state index < -0.39 is 0 Å². The fourth-order valence-electron chi connectivity index (χ4n) is 2.40. The number of hydrogen-bond donors (Lipinski definition) is 2. The van der Waals surface area contributed by atoms with Crippen LogP contribution in [0.1, 0.15) is 5.56 Å². The van der Waals surface area contributed by atoms with Crippen LogP contribution in [-0.4, -0.2) is 20.2 Å². The van der Waals surface area contributed by atoms with Gasteiger partial charge in [0.15, 0.2) is 5.82 Å². The molecule has 4 nitrogen and oxygen atoms in total. The fourth-order valence-corrected chi connectivity index (χ4v) is 2.40. The lowest BCUT2D eigenvalue weighted by Crippen LogP contribution is -1.81. The first-order valence-corrected chi connectivity index (χ1v) is 6.31. The van der Waals surface area contributed by atoms with Crippen LogP contribution in [-0.2, 0) is 0 Å². The van der Waals surface area contributed by atoms with Crippen molar-refractivity contribution in [3.8, 4) is 11.5 Å². The highest BCUT2D eigenvalue weighted by atomic mass is 19.1. The van der Waals surface area contributed by atoms with Gasteiger partial charge in [-0.1, -0.05) is 6.07 Å². The highest BCUT2D eigenvalue weighted by Crippen LogP contribution is 2.26. The van der Waals surface area contributed by atoms with Crippen molar-refractivity contribution in [2.45, 2.75) is 6.92 Å². The zero-order valence-electron chi connectivity index (χ0n) is 10.7. The number of benzene rings is 2. The molecule has 4 rings (SSSR count). The second-order valence-corrected chi connectivity index (χ2v) is 4.87. The molecule has 2 heterocycles. The Labute approximate surface area is 113 Å². The highest BCUT2D eigenvalue weighted by molar-refractivity contribution is 5.93. The molecular formula is C15H11FN4. The minimum atomic E-state index is -0.285. The van der Waals surface area contributed by atoms with Crippen LogP contribution in [0.3, 0.4) is 0 Å². The van der Waals surface area contributed by atoms with Crippen molar-refractivity contribution >= 4 is 21.9 Å². The predicted molar refractivity (Wildman–Crippen MR) is 75.9 cm³/mol. The van der Waals surface area contributed by atoms with Gasteiger partial charge in [0.1, 0.15) is 11.5 Å². The van der Waals surface area contributed by atoms with Crippen molar-refractivity contribution in [1.29, 1.82) is 0 Å².